The van der Waals surface area contributed by atoms with E-state index >= 15 is 0 Å². The summed E-state index contributed by atoms with van der Waals surface area (Å²) in [6, 6.07) is 0. The smallest absolute Gasteiger partial charge is 0.0593 e. The van der Waals surface area contributed by atoms with Crippen LogP contribution in [0.1, 0.15) is 0 Å². The molecule has 0 fully saturated rings. The van der Waals surface area contributed by atoms with Crippen LogP contribution >= 0.6 is 0 Å². The van der Waals surface area contributed by atoms with Crippen LogP contribution in [0, 0.1) is 0 Å². The van der Waals surface area contributed by atoms with E-state index in [2.05, 4.69) is 4.90 Å². The molecule has 0 aliphatic rings. The van der Waals surface area contributed by atoms with Crippen molar-refractivity contribution in [2.45, 2.75) is 0 Å². The summed E-state index contributed by atoms with van der Waals surface area (Å²) >= 11 is 0. The molecular weight excluding hydrogens is 182 g/mol. The van der Waals surface area contributed by atoms with Gasteiger partial charge in [-0.2, -0.15) is 0 Å². The Labute approximate surface area is 86.3 Å². The van der Waals surface area contributed by atoms with Crippen LogP contribution < -0.4 is 11.5 Å². The van der Waals surface area contributed by atoms with Gasteiger partial charge in [-0.15, -0.1) is 0 Å². The standard InChI is InChI=1S/C9H23N3O2/c1-12(4-8-13-6-2-10)5-9-14-7-3-11/h2-11H2,1H3. The Morgan fingerprint density at radius 2 is 1.29 bits per heavy atom. The largest absolute Gasteiger partial charge is 0.379 e. The summed E-state index contributed by atoms with van der Waals surface area (Å²) in [5, 5.41) is 0. The summed E-state index contributed by atoms with van der Waals surface area (Å²) in [6.07, 6.45) is 0. The van der Waals surface area contributed by atoms with Crippen LogP contribution in [0.4, 0.5) is 0 Å². The fourth-order valence-corrected chi connectivity index (χ4v) is 0.923. The van der Waals surface area contributed by atoms with Crippen LogP contribution in [0.25, 0.3) is 0 Å². The number of likely N-dealkylation sites (N-methyl/N-ethyl adjacent to an activating group) is 1. The Morgan fingerprint density at radius 1 is 0.857 bits per heavy atom. The van der Waals surface area contributed by atoms with Gasteiger partial charge in [0.15, 0.2) is 0 Å². The van der Waals surface area contributed by atoms with Crippen molar-refractivity contribution in [2.75, 3.05) is 59.7 Å². The maximum atomic E-state index is 5.29. The van der Waals surface area contributed by atoms with Gasteiger partial charge in [0.05, 0.1) is 26.4 Å². The molecule has 4 N–H and O–H groups in total. The summed E-state index contributed by atoms with van der Waals surface area (Å²) in [5.74, 6) is 0. The van der Waals surface area contributed by atoms with Crippen molar-refractivity contribution < 1.29 is 9.47 Å². The zero-order valence-electron chi connectivity index (χ0n) is 9.08. The lowest BCUT2D eigenvalue weighted by molar-refractivity contribution is 0.0894. The van der Waals surface area contributed by atoms with Crippen LogP contribution in [0.3, 0.4) is 0 Å². The minimum atomic E-state index is 0.587. The van der Waals surface area contributed by atoms with Crippen LogP contribution in [0.5, 0.6) is 0 Å². The summed E-state index contributed by atoms with van der Waals surface area (Å²) in [4.78, 5) is 2.16. The van der Waals surface area contributed by atoms with Crippen LogP contribution in [0.2, 0.25) is 0 Å². The summed E-state index contributed by atoms with van der Waals surface area (Å²) in [7, 11) is 2.04. The molecule has 0 heterocycles. The van der Waals surface area contributed by atoms with E-state index in [1.165, 1.54) is 0 Å². The third-order valence-corrected chi connectivity index (χ3v) is 1.76. The zero-order valence-corrected chi connectivity index (χ0v) is 9.08. The summed E-state index contributed by atoms with van der Waals surface area (Å²) in [6.45, 7) is 5.72. The highest BCUT2D eigenvalue weighted by molar-refractivity contribution is 4.49. The van der Waals surface area contributed by atoms with Crippen molar-refractivity contribution in [2.24, 2.45) is 11.5 Å². The maximum Gasteiger partial charge on any atom is 0.0593 e. The van der Waals surface area contributed by atoms with Crippen molar-refractivity contribution >= 4 is 0 Å². The summed E-state index contributed by atoms with van der Waals surface area (Å²) < 4.78 is 10.5. The molecular formula is C9H23N3O2. The summed E-state index contributed by atoms with van der Waals surface area (Å²) in [5.41, 5.74) is 10.6. The Bertz CT molecular complexity index is 102. The lowest BCUT2D eigenvalue weighted by atomic mass is 10.5. The van der Waals surface area contributed by atoms with Gasteiger partial charge in [-0.25, -0.2) is 0 Å². The lowest BCUT2D eigenvalue weighted by Gasteiger charge is -2.16. The predicted octanol–water partition coefficient (Wildman–Crippen LogP) is -1.13. The fourth-order valence-electron chi connectivity index (χ4n) is 0.923. The molecule has 0 aromatic heterocycles. The number of ether oxygens (including phenoxy) is 2. The normalized spacial score (nSPS) is 11.1. The highest BCUT2D eigenvalue weighted by atomic mass is 16.5. The van der Waals surface area contributed by atoms with Gasteiger partial charge in [0.25, 0.3) is 0 Å². The molecule has 0 bridgehead atoms. The molecule has 0 radical (unpaired) electrons. The van der Waals surface area contributed by atoms with Crippen LogP contribution in [-0.2, 0) is 9.47 Å². The van der Waals surface area contributed by atoms with Crippen molar-refractivity contribution in [3.63, 3.8) is 0 Å². The average Bonchev–Trinajstić information content (AvgIpc) is 2.19. The second-order valence-corrected chi connectivity index (χ2v) is 3.11. The number of hydrogen-bond donors (Lipinski definition) is 2. The molecule has 0 aromatic carbocycles. The van der Waals surface area contributed by atoms with Crippen molar-refractivity contribution in [3.05, 3.63) is 0 Å². The van der Waals surface area contributed by atoms with Gasteiger partial charge in [0.1, 0.15) is 0 Å². The van der Waals surface area contributed by atoms with Gasteiger partial charge in [-0.3, -0.25) is 0 Å². The Kier molecular flexibility index (Phi) is 10.7. The number of nitrogens with zero attached hydrogens (tertiary/aromatic N) is 1. The zero-order chi connectivity index (χ0) is 10.6. The van der Waals surface area contributed by atoms with E-state index in [1.54, 1.807) is 0 Å². The molecule has 0 aliphatic carbocycles. The monoisotopic (exact) mass is 205 g/mol. The fraction of sp³-hybridized carbons (Fsp3) is 1.00. The van der Waals surface area contributed by atoms with E-state index in [-0.39, 0.29) is 0 Å². The number of rotatable bonds is 10. The number of hydrogen-bond acceptors (Lipinski definition) is 5. The van der Waals surface area contributed by atoms with Gasteiger partial charge in [-0.05, 0) is 7.05 Å². The molecule has 5 heteroatoms. The molecule has 0 rings (SSSR count). The molecule has 0 saturated heterocycles. The van der Waals surface area contributed by atoms with Gasteiger partial charge in [0, 0.05) is 26.2 Å². The molecule has 0 spiro atoms. The Hall–Kier alpha value is -0.200. The SMILES string of the molecule is CN(CCOCCN)CCOCCN. The minimum absolute atomic E-state index is 0.587. The van der Waals surface area contributed by atoms with Crippen molar-refractivity contribution in [1.82, 2.24) is 4.90 Å². The first-order chi connectivity index (χ1) is 6.81. The van der Waals surface area contributed by atoms with E-state index in [9.17, 15) is 0 Å². The van der Waals surface area contributed by atoms with Gasteiger partial charge >= 0.3 is 0 Å². The third-order valence-electron chi connectivity index (χ3n) is 1.76. The molecule has 0 atom stereocenters. The van der Waals surface area contributed by atoms with E-state index in [0.717, 1.165) is 26.3 Å². The molecule has 5 nitrogen and oxygen atoms in total. The van der Waals surface area contributed by atoms with Crippen LogP contribution in [-0.4, -0.2) is 64.6 Å². The second-order valence-electron chi connectivity index (χ2n) is 3.11. The first-order valence-electron chi connectivity index (χ1n) is 5.05. The molecule has 0 aromatic rings. The van der Waals surface area contributed by atoms with E-state index in [4.69, 9.17) is 20.9 Å². The quantitative estimate of drug-likeness (QED) is 0.441. The molecule has 0 unspecified atom stereocenters. The van der Waals surface area contributed by atoms with Crippen molar-refractivity contribution in [1.29, 1.82) is 0 Å². The number of nitrogens with two attached hydrogens (primary N) is 2. The first kappa shape index (κ1) is 13.8. The highest BCUT2D eigenvalue weighted by Gasteiger charge is 1.97. The van der Waals surface area contributed by atoms with Gasteiger partial charge in [0.2, 0.25) is 0 Å². The topological polar surface area (TPSA) is 73.7 Å². The maximum absolute atomic E-state index is 5.29. The third kappa shape index (κ3) is 9.88. The highest BCUT2D eigenvalue weighted by Crippen LogP contribution is 1.84. The lowest BCUT2D eigenvalue weighted by Crippen LogP contribution is -2.28. The second kappa shape index (κ2) is 10.9. The average molecular weight is 205 g/mol. The molecule has 0 saturated carbocycles. The first-order valence-corrected chi connectivity index (χ1v) is 5.05. The van der Waals surface area contributed by atoms with Crippen LogP contribution in [0.15, 0.2) is 0 Å². The van der Waals surface area contributed by atoms with Gasteiger partial charge in [-0.1, -0.05) is 0 Å². The minimum Gasteiger partial charge on any atom is -0.379 e. The van der Waals surface area contributed by atoms with Gasteiger partial charge < -0.3 is 25.8 Å². The molecule has 0 amide bonds. The van der Waals surface area contributed by atoms with Crippen molar-refractivity contribution in [3.8, 4) is 0 Å². The molecule has 14 heavy (non-hydrogen) atoms. The Morgan fingerprint density at radius 3 is 1.64 bits per heavy atom. The van der Waals surface area contributed by atoms with E-state index < -0.39 is 0 Å². The molecule has 86 valence electrons. The molecule has 0 aliphatic heterocycles. The Balaban J connectivity index is 3.07. The van der Waals surface area contributed by atoms with E-state index in [0.29, 0.717) is 26.3 Å². The predicted molar refractivity (Wildman–Crippen MR) is 57.2 cm³/mol. The van der Waals surface area contributed by atoms with E-state index in [1.807, 2.05) is 7.05 Å².